The lowest BCUT2D eigenvalue weighted by Gasteiger charge is -2.14. The highest BCUT2D eigenvalue weighted by Crippen LogP contribution is 2.36. The maximum atomic E-state index is 12.5. The van der Waals surface area contributed by atoms with Gasteiger partial charge in [-0.3, -0.25) is 5.32 Å². The molecule has 28 heavy (non-hydrogen) atoms. The number of hydrogen-bond donors (Lipinski definition) is 2. The third-order valence-electron chi connectivity index (χ3n) is 3.40. The van der Waals surface area contributed by atoms with Crippen molar-refractivity contribution >= 4 is 46.9 Å². The van der Waals surface area contributed by atoms with Crippen LogP contribution in [-0.4, -0.2) is 49.1 Å². The molecule has 0 bridgehead atoms. The second-order valence-electron chi connectivity index (χ2n) is 5.11. The molecular weight excluding hydrogens is 408 g/mol. The first-order valence-corrected chi connectivity index (χ1v) is 9.61. The van der Waals surface area contributed by atoms with E-state index in [2.05, 4.69) is 20.6 Å². The number of esters is 1. The molecule has 0 aliphatic carbocycles. The number of halogens is 1. The summed E-state index contributed by atoms with van der Waals surface area (Å²) in [7, 11) is 2.91. The predicted molar refractivity (Wildman–Crippen MR) is 107 cm³/mol. The van der Waals surface area contributed by atoms with Gasteiger partial charge in [0.25, 0.3) is 0 Å². The van der Waals surface area contributed by atoms with Gasteiger partial charge in [-0.25, -0.2) is 19.6 Å². The maximum absolute atomic E-state index is 12.5. The molecule has 2 rings (SSSR count). The van der Waals surface area contributed by atoms with Gasteiger partial charge >= 0.3 is 12.0 Å². The Kier molecular flexibility index (Phi) is 7.70. The molecule has 11 heteroatoms. The van der Waals surface area contributed by atoms with Crippen LogP contribution in [0.3, 0.4) is 0 Å². The van der Waals surface area contributed by atoms with E-state index in [4.69, 9.17) is 25.8 Å². The van der Waals surface area contributed by atoms with Gasteiger partial charge in [0.2, 0.25) is 0 Å². The van der Waals surface area contributed by atoms with Gasteiger partial charge in [0.1, 0.15) is 17.1 Å². The molecule has 1 aromatic heterocycles. The highest BCUT2D eigenvalue weighted by atomic mass is 35.5. The normalized spacial score (nSPS) is 10.2. The van der Waals surface area contributed by atoms with E-state index in [1.165, 1.54) is 38.2 Å². The van der Waals surface area contributed by atoms with Crippen molar-refractivity contribution < 1.29 is 23.8 Å². The van der Waals surface area contributed by atoms with Gasteiger partial charge in [-0.2, -0.15) is 0 Å². The number of carbonyl (C=O) groups excluding carboxylic acids is 2. The van der Waals surface area contributed by atoms with Crippen molar-refractivity contribution in [3.05, 3.63) is 28.9 Å². The number of nitrogens with one attached hydrogen (secondary N) is 2. The number of ether oxygens (including phenoxy) is 3. The van der Waals surface area contributed by atoms with Crippen LogP contribution in [0.15, 0.2) is 23.5 Å². The van der Waals surface area contributed by atoms with E-state index in [9.17, 15) is 9.59 Å². The van der Waals surface area contributed by atoms with Gasteiger partial charge in [0.15, 0.2) is 11.0 Å². The lowest BCUT2D eigenvalue weighted by Crippen LogP contribution is -2.23. The van der Waals surface area contributed by atoms with Crippen LogP contribution in [-0.2, 0) is 4.74 Å². The van der Waals surface area contributed by atoms with E-state index in [1.807, 2.05) is 0 Å². The number of benzene rings is 1. The fraction of sp³-hybridized carbons (Fsp3) is 0.294. The summed E-state index contributed by atoms with van der Waals surface area (Å²) in [5.41, 5.74) is 0.345. The summed E-state index contributed by atoms with van der Waals surface area (Å²) in [5.74, 6) is 0.119. The summed E-state index contributed by atoms with van der Waals surface area (Å²) in [6.07, 6.45) is 3.07. The maximum Gasteiger partial charge on any atom is 0.343 e. The molecule has 0 atom stereocenters. The molecule has 0 unspecified atom stereocenters. The summed E-state index contributed by atoms with van der Waals surface area (Å²) >= 11 is 7.37. The molecule has 0 aliphatic heterocycles. The molecule has 0 radical (unpaired) electrons. The first-order valence-electron chi connectivity index (χ1n) is 8.01. The van der Waals surface area contributed by atoms with Crippen molar-refractivity contribution in [2.75, 3.05) is 37.7 Å². The van der Waals surface area contributed by atoms with Gasteiger partial charge < -0.3 is 19.5 Å². The molecule has 0 spiro atoms. The van der Waals surface area contributed by atoms with Crippen molar-refractivity contribution in [1.82, 2.24) is 9.97 Å². The monoisotopic (exact) mass is 426 g/mol. The summed E-state index contributed by atoms with van der Waals surface area (Å²) in [6.45, 7) is 1.85. The van der Waals surface area contributed by atoms with Crippen LogP contribution < -0.4 is 20.1 Å². The molecule has 2 amide bonds. The Bertz CT molecular complexity index is 881. The number of thioether (sulfide) groups is 1. The average Bonchev–Trinajstić information content (AvgIpc) is 2.68. The van der Waals surface area contributed by atoms with Crippen LogP contribution in [0, 0.1) is 0 Å². The molecule has 1 heterocycles. The van der Waals surface area contributed by atoms with Gasteiger partial charge in [-0.15, -0.1) is 0 Å². The summed E-state index contributed by atoms with van der Waals surface area (Å²) in [5, 5.41) is 5.80. The third-order valence-corrected chi connectivity index (χ3v) is 4.26. The van der Waals surface area contributed by atoms with Crippen LogP contribution in [0.4, 0.5) is 16.3 Å². The van der Waals surface area contributed by atoms with E-state index >= 15 is 0 Å². The predicted octanol–water partition coefficient (Wildman–Crippen LogP) is 3.69. The number of aromatic nitrogens is 2. The zero-order chi connectivity index (χ0) is 20.7. The minimum absolute atomic E-state index is 0.0221. The largest absolute Gasteiger partial charge is 0.495 e. The van der Waals surface area contributed by atoms with Gasteiger partial charge in [0.05, 0.1) is 31.5 Å². The van der Waals surface area contributed by atoms with Crippen LogP contribution in [0.1, 0.15) is 17.3 Å². The van der Waals surface area contributed by atoms with E-state index in [0.717, 1.165) is 0 Å². The summed E-state index contributed by atoms with van der Waals surface area (Å²) in [4.78, 5) is 32.8. The zero-order valence-corrected chi connectivity index (χ0v) is 17.2. The van der Waals surface area contributed by atoms with Crippen molar-refractivity contribution in [3.8, 4) is 11.5 Å². The Morgan fingerprint density at radius 1 is 1.18 bits per heavy atom. The molecule has 2 aromatic rings. The fourth-order valence-electron chi connectivity index (χ4n) is 2.14. The number of hydrogen-bond acceptors (Lipinski definition) is 8. The number of rotatable bonds is 7. The Morgan fingerprint density at radius 2 is 1.89 bits per heavy atom. The SMILES string of the molecule is CCOC(=O)c1cnc(SC)nc1NC(=O)Nc1cc(Cl)c(OC)cc1OC. The van der Waals surface area contributed by atoms with Gasteiger partial charge in [-0.05, 0) is 19.2 Å². The Morgan fingerprint density at radius 3 is 2.50 bits per heavy atom. The number of methoxy groups -OCH3 is 2. The second-order valence-corrected chi connectivity index (χ2v) is 6.29. The van der Waals surface area contributed by atoms with E-state index < -0.39 is 12.0 Å². The Balaban J connectivity index is 2.28. The highest BCUT2D eigenvalue weighted by molar-refractivity contribution is 7.98. The molecule has 150 valence electrons. The standard InChI is InChI=1S/C17H19ClN4O5S/c1-5-27-15(23)9-8-19-17(28-4)22-14(9)21-16(24)20-11-6-10(18)12(25-2)7-13(11)26-3/h6-8H,5H2,1-4H3,(H2,19,20,21,22,24). The fourth-order valence-corrected chi connectivity index (χ4v) is 2.72. The topological polar surface area (TPSA) is 112 Å². The van der Waals surface area contributed by atoms with E-state index in [1.54, 1.807) is 19.2 Å². The van der Waals surface area contributed by atoms with Crippen LogP contribution in [0.5, 0.6) is 11.5 Å². The molecule has 9 nitrogen and oxygen atoms in total. The number of amides is 2. The van der Waals surface area contributed by atoms with Crippen LogP contribution in [0.2, 0.25) is 5.02 Å². The zero-order valence-electron chi connectivity index (χ0n) is 15.7. The smallest absolute Gasteiger partial charge is 0.343 e. The van der Waals surface area contributed by atoms with Crippen molar-refractivity contribution in [1.29, 1.82) is 0 Å². The molecule has 2 N–H and O–H groups in total. The lowest BCUT2D eigenvalue weighted by molar-refractivity contribution is 0.0526. The van der Waals surface area contributed by atoms with Crippen molar-refractivity contribution in [2.45, 2.75) is 12.1 Å². The molecule has 0 saturated heterocycles. The van der Waals surface area contributed by atoms with Gasteiger partial charge in [0, 0.05) is 12.3 Å². The van der Waals surface area contributed by atoms with E-state index in [0.29, 0.717) is 22.3 Å². The molecule has 0 aliphatic rings. The minimum atomic E-state index is -0.657. The van der Waals surface area contributed by atoms with Crippen molar-refractivity contribution in [3.63, 3.8) is 0 Å². The average molecular weight is 427 g/mol. The number of nitrogens with zero attached hydrogens (tertiary/aromatic N) is 2. The quantitative estimate of drug-likeness (QED) is 0.391. The van der Waals surface area contributed by atoms with Gasteiger partial charge in [-0.1, -0.05) is 23.4 Å². The second kappa shape index (κ2) is 10.00. The summed E-state index contributed by atoms with van der Waals surface area (Å²) < 4.78 is 15.3. The molecular formula is C17H19ClN4O5S. The Labute approximate surface area is 171 Å². The first kappa shape index (κ1) is 21.6. The number of anilines is 2. The van der Waals surface area contributed by atoms with Crippen LogP contribution >= 0.6 is 23.4 Å². The third kappa shape index (κ3) is 5.17. The number of urea groups is 1. The molecule has 0 fully saturated rings. The molecule has 0 saturated carbocycles. The minimum Gasteiger partial charge on any atom is -0.495 e. The molecule has 1 aromatic carbocycles. The first-order chi connectivity index (χ1) is 13.4. The number of carbonyl (C=O) groups is 2. The Hall–Kier alpha value is -2.72. The van der Waals surface area contributed by atoms with Crippen molar-refractivity contribution in [2.24, 2.45) is 0 Å². The summed E-state index contributed by atoms with van der Waals surface area (Å²) in [6, 6.07) is 2.37. The van der Waals surface area contributed by atoms with Crippen LogP contribution in [0.25, 0.3) is 0 Å². The van der Waals surface area contributed by atoms with E-state index in [-0.39, 0.29) is 23.0 Å². The highest BCUT2D eigenvalue weighted by Gasteiger charge is 2.19. The lowest BCUT2D eigenvalue weighted by atomic mass is 10.2.